The van der Waals surface area contributed by atoms with Crippen molar-refractivity contribution < 1.29 is 14.3 Å². The van der Waals surface area contributed by atoms with Crippen molar-refractivity contribution in [3.63, 3.8) is 0 Å². The van der Waals surface area contributed by atoms with Crippen molar-refractivity contribution in [3.8, 4) is 6.01 Å². The van der Waals surface area contributed by atoms with Gasteiger partial charge in [0, 0.05) is 56.9 Å². The van der Waals surface area contributed by atoms with Crippen LogP contribution in [0.4, 0.5) is 5.69 Å². The number of ether oxygens (including phenoxy) is 1. The van der Waals surface area contributed by atoms with E-state index < -0.39 is 0 Å². The Morgan fingerprint density at radius 3 is 2.50 bits per heavy atom. The highest BCUT2D eigenvalue weighted by Crippen LogP contribution is 2.45. The molecule has 7 nitrogen and oxygen atoms in total. The molecule has 0 fully saturated rings. The fourth-order valence-corrected chi connectivity index (χ4v) is 4.91. The monoisotopic (exact) mass is 434 g/mol. The number of aromatic nitrogens is 2. The third kappa shape index (κ3) is 4.11. The van der Waals surface area contributed by atoms with Crippen LogP contribution in [0.25, 0.3) is 5.57 Å². The van der Waals surface area contributed by atoms with Crippen molar-refractivity contribution in [1.29, 1.82) is 0 Å². The van der Waals surface area contributed by atoms with Gasteiger partial charge in [-0.1, -0.05) is 26.0 Å². The first kappa shape index (κ1) is 22.0. The second kappa shape index (κ2) is 9.10. The zero-order valence-electron chi connectivity index (χ0n) is 19.1. The molecule has 0 saturated carbocycles. The van der Waals surface area contributed by atoms with Crippen molar-refractivity contribution in [3.05, 3.63) is 53.9 Å². The van der Waals surface area contributed by atoms with E-state index in [1.54, 1.807) is 32.3 Å². The van der Waals surface area contributed by atoms with Crippen LogP contribution in [0, 0.1) is 5.92 Å². The van der Waals surface area contributed by atoms with E-state index in [9.17, 15) is 9.59 Å². The number of amides is 2. The van der Waals surface area contributed by atoms with E-state index >= 15 is 0 Å². The maximum atomic E-state index is 12.6. The Bertz CT molecular complexity index is 1040. The summed E-state index contributed by atoms with van der Waals surface area (Å²) in [5, 5.41) is 0. The van der Waals surface area contributed by atoms with Gasteiger partial charge in [0.1, 0.15) is 6.10 Å². The Balaban J connectivity index is 1.76. The number of rotatable bonds is 4. The number of fused-ring (bicyclic) bond motifs is 1. The quantitative estimate of drug-likeness (QED) is 0.727. The molecule has 0 bridgehead atoms. The highest BCUT2D eigenvalue weighted by molar-refractivity contribution is 5.94. The van der Waals surface area contributed by atoms with Crippen LogP contribution in [0.2, 0.25) is 0 Å². The fraction of sp³-hybridized carbons (Fsp3) is 0.440. The molecule has 1 aromatic carbocycles. The molecule has 0 aliphatic carbocycles. The highest BCUT2D eigenvalue weighted by atomic mass is 16.5. The molecule has 168 valence electrons. The molecule has 1 aromatic heterocycles. The molecule has 3 atom stereocenters. The van der Waals surface area contributed by atoms with Crippen LogP contribution in [0.15, 0.2) is 42.7 Å². The number of carbonyl (C=O) groups excluding carboxylic acids is 2. The minimum absolute atomic E-state index is 0.0255. The van der Waals surface area contributed by atoms with Crippen molar-refractivity contribution in [2.75, 3.05) is 18.0 Å². The predicted octanol–water partition coefficient (Wildman–Crippen LogP) is 4.01. The summed E-state index contributed by atoms with van der Waals surface area (Å²) in [6.45, 7) is 8.78. The van der Waals surface area contributed by atoms with Crippen molar-refractivity contribution in [1.82, 2.24) is 14.9 Å². The molecule has 0 unspecified atom stereocenters. The first-order chi connectivity index (χ1) is 15.4. The summed E-state index contributed by atoms with van der Waals surface area (Å²) in [4.78, 5) is 36.6. The van der Waals surface area contributed by atoms with Crippen LogP contribution < -0.4 is 9.64 Å². The van der Waals surface area contributed by atoms with Gasteiger partial charge in [-0.2, -0.15) is 0 Å². The van der Waals surface area contributed by atoms with E-state index in [2.05, 4.69) is 42.0 Å². The van der Waals surface area contributed by atoms with Gasteiger partial charge in [0.15, 0.2) is 0 Å². The average Bonchev–Trinajstić information content (AvgIpc) is 2.80. The Morgan fingerprint density at radius 2 is 1.91 bits per heavy atom. The lowest BCUT2D eigenvalue weighted by Gasteiger charge is -2.44. The van der Waals surface area contributed by atoms with Crippen molar-refractivity contribution >= 4 is 23.1 Å². The SMILES string of the molecule is CC[C@H]1[C@H](C)[C@@H](Oc2ncccn2)c2cc(C3=CCN(C(C)=O)CC3)ccc2N1C(C)=O. The van der Waals surface area contributed by atoms with Gasteiger partial charge in [0.05, 0.1) is 5.69 Å². The molecule has 0 saturated heterocycles. The molecular weight excluding hydrogens is 404 g/mol. The lowest BCUT2D eigenvalue weighted by atomic mass is 9.81. The van der Waals surface area contributed by atoms with Crippen LogP contribution in [-0.4, -0.2) is 45.8 Å². The summed E-state index contributed by atoms with van der Waals surface area (Å²) in [7, 11) is 0. The predicted molar refractivity (Wildman–Crippen MR) is 123 cm³/mol. The number of benzene rings is 1. The lowest BCUT2D eigenvalue weighted by molar-refractivity contribution is -0.128. The van der Waals surface area contributed by atoms with Crippen LogP contribution in [-0.2, 0) is 9.59 Å². The van der Waals surface area contributed by atoms with E-state index in [0.717, 1.165) is 29.7 Å². The van der Waals surface area contributed by atoms with Gasteiger partial charge >= 0.3 is 6.01 Å². The largest absolute Gasteiger partial charge is 0.455 e. The Kier molecular flexibility index (Phi) is 6.26. The molecular formula is C25H30N4O3. The van der Waals surface area contributed by atoms with E-state index in [4.69, 9.17) is 4.74 Å². The minimum atomic E-state index is -0.272. The first-order valence-corrected chi connectivity index (χ1v) is 11.2. The molecule has 0 spiro atoms. The maximum Gasteiger partial charge on any atom is 0.316 e. The summed E-state index contributed by atoms with van der Waals surface area (Å²) in [6, 6.07) is 8.36. The number of hydrogen-bond donors (Lipinski definition) is 0. The van der Waals surface area contributed by atoms with Crippen molar-refractivity contribution in [2.24, 2.45) is 5.92 Å². The van der Waals surface area contributed by atoms with Gasteiger partial charge < -0.3 is 14.5 Å². The molecule has 7 heteroatoms. The molecule has 32 heavy (non-hydrogen) atoms. The van der Waals surface area contributed by atoms with E-state index in [-0.39, 0.29) is 29.9 Å². The summed E-state index contributed by atoms with van der Waals surface area (Å²) in [5.74, 6) is 0.184. The highest BCUT2D eigenvalue weighted by Gasteiger charge is 2.41. The number of anilines is 1. The van der Waals surface area contributed by atoms with Crippen LogP contribution >= 0.6 is 0 Å². The van der Waals surface area contributed by atoms with E-state index in [1.807, 2.05) is 15.9 Å². The fourth-order valence-electron chi connectivity index (χ4n) is 4.91. The summed E-state index contributed by atoms with van der Waals surface area (Å²) in [5.41, 5.74) is 4.16. The van der Waals surface area contributed by atoms with Gasteiger partial charge in [-0.05, 0) is 42.2 Å². The Labute approximate surface area is 189 Å². The van der Waals surface area contributed by atoms with Crippen LogP contribution in [0.3, 0.4) is 0 Å². The Morgan fingerprint density at radius 1 is 1.16 bits per heavy atom. The van der Waals surface area contributed by atoms with Crippen molar-refractivity contribution in [2.45, 2.75) is 52.7 Å². The van der Waals surface area contributed by atoms with Gasteiger partial charge in [0.2, 0.25) is 11.8 Å². The molecule has 2 aliphatic heterocycles. The van der Waals surface area contributed by atoms with Crippen LogP contribution in [0.1, 0.15) is 57.8 Å². The van der Waals surface area contributed by atoms with Gasteiger partial charge in [0.25, 0.3) is 0 Å². The lowest BCUT2D eigenvalue weighted by Crippen LogP contribution is -2.49. The Hall–Kier alpha value is -3.22. The maximum absolute atomic E-state index is 12.6. The average molecular weight is 435 g/mol. The molecule has 0 radical (unpaired) electrons. The molecule has 4 rings (SSSR count). The molecule has 3 heterocycles. The smallest absolute Gasteiger partial charge is 0.316 e. The zero-order valence-corrected chi connectivity index (χ0v) is 19.1. The van der Waals surface area contributed by atoms with E-state index in [1.165, 1.54) is 5.57 Å². The van der Waals surface area contributed by atoms with Gasteiger partial charge in [-0.25, -0.2) is 9.97 Å². The normalized spacial score (nSPS) is 22.8. The summed E-state index contributed by atoms with van der Waals surface area (Å²) >= 11 is 0. The first-order valence-electron chi connectivity index (χ1n) is 11.2. The number of hydrogen-bond acceptors (Lipinski definition) is 5. The van der Waals surface area contributed by atoms with Gasteiger partial charge in [-0.15, -0.1) is 0 Å². The molecule has 2 aromatic rings. The summed E-state index contributed by atoms with van der Waals surface area (Å²) in [6.07, 6.45) is 6.80. The standard InChI is InChI=1S/C25H30N4O3/c1-5-22-16(2)24(32-25-26-11-6-12-27-25)21-15-20(7-8-23(21)29(22)18(4)31)19-9-13-28(14-10-19)17(3)30/h6-9,11-12,15-16,22,24H,5,10,13-14H2,1-4H3/t16-,22-,24+/m0/s1. The second-order valence-corrected chi connectivity index (χ2v) is 8.51. The van der Waals surface area contributed by atoms with Crippen LogP contribution in [0.5, 0.6) is 6.01 Å². The third-order valence-corrected chi connectivity index (χ3v) is 6.57. The van der Waals surface area contributed by atoms with E-state index in [0.29, 0.717) is 19.1 Å². The molecule has 2 amide bonds. The number of nitrogens with zero attached hydrogens (tertiary/aromatic N) is 4. The minimum Gasteiger partial charge on any atom is -0.455 e. The van der Waals surface area contributed by atoms with Gasteiger partial charge in [-0.3, -0.25) is 9.59 Å². The number of carbonyl (C=O) groups is 2. The summed E-state index contributed by atoms with van der Waals surface area (Å²) < 4.78 is 6.31. The topological polar surface area (TPSA) is 75.6 Å². The molecule has 2 aliphatic rings. The second-order valence-electron chi connectivity index (χ2n) is 8.51. The molecule has 0 N–H and O–H groups in total. The third-order valence-electron chi connectivity index (χ3n) is 6.57. The zero-order chi connectivity index (χ0) is 22.8.